The molecule has 1 rings (SSSR count). The van der Waals surface area contributed by atoms with Gasteiger partial charge in [-0.3, -0.25) is 0 Å². The lowest BCUT2D eigenvalue weighted by atomic mass is 9.73. The molecule has 0 spiro atoms. The normalized spacial score (nSPS) is 31.6. The molecular formula is C7H11F3O. The van der Waals surface area contributed by atoms with Gasteiger partial charge in [-0.25, -0.2) is 0 Å². The van der Waals surface area contributed by atoms with Gasteiger partial charge in [-0.2, -0.15) is 13.2 Å². The van der Waals surface area contributed by atoms with Crippen molar-refractivity contribution in [2.75, 3.05) is 6.61 Å². The van der Waals surface area contributed by atoms with Gasteiger partial charge in [-0.05, 0) is 25.2 Å². The number of aliphatic hydroxyl groups is 1. The van der Waals surface area contributed by atoms with Gasteiger partial charge in [0.2, 0.25) is 0 Å². The van der Waals surface area contributed by atoms with E-state index in [2.05, 4.69) is 0 Å². The first-order valence-electron chi connectivity index (χ1n) is 3.71. The zero-order valence-corrected chi connectivity index (χ0v) is 6.06. The highest BCUT2D eigenvalue weighted by Gasteiger charge is 2.47. The van der Waals surface area contributed by atoms with Crippen LogP contribution in [0.15, 0.2) is 0 Å². The number of hydrogen-bond donors (Lipinski definition) is 1. The molecule has 0 unspecified atom stereocenters. The minimum Gasteiger partial charge on any atom is -0.396 e. The van der Waals surface area contributed by atoms with Crippen LogP contribution in [-0.4, -0.2) is 17.9 Å². The van der Waals surface area contributed by atoms with Crippen molar-refractivity contribution < 1.29 is 18.3 Å². The summed E-state index contributed by atoms with van der Waals surface area (Å²) >= 11 is 0. The number of alkyl halides is 3. The van der Waals surface area contributed by atoms with Gasteiger partial charge in [0.15, 0.2) is 0 Å². The second kappa shape index (κ2) is 3.01. The summed E-state index contributed by atoms with van der Waals surface area (Å²) in [5.74, 6) is -0.995. The average molecular weight is 168 g/mol. The Morgan fingerprint density at radius 1 is 1.27 bits per heavy atom. The zero-order chi connectivity index (χ0) is 8.48. The smallest absolute Gasteiger partial charge is 0.391 e. The lowest BCUT2D eigenvalue weighted by Gasteiger charge is -2.36. The van der Waals surface area contributed by atoms with Crippen LogP contribution in [0, 0.1) is 11.8 Å². The number of halogens is 3. The zero-order valence-electron chi connectivity index (χ0n) is 6.06. The van der Waals surface area contributed by atoms with E-state index in [1.807, 2.05) is 0 Å². The SMILES string of the molecule is OCCC1CC(C(F)(F)F)C1. The Morgan fingerprint density at radius 2 is 1.82 bits per heavy atom. The van der Waals surface area contributed by atoms with Crippen LogP contribution in [0.5, 0.6) is 0 Å². The first kappa shape index (κ1) is 8.84. The maximum absolute atomic E-state index is 11.9. The van der Waals surface area contributed by atoms with Crippen molar-refractivity contribution in [1.29, 1.82) is 0 Å². The predicted molar refractivity (Wildman–Crippen MR) is 34.0 cm³/mol. The van der Waals surface area contributed by atoms with E-state index in [-0.39, 0.29) is 25.4 Å². The third kappa shape index (κ3) is 2.09. The van der Waals surface area contributed by atoms with Crippen molar-refractivity contribution in [3.63, 3.8) is 0 Å². The Bertz CT molecular complexity index is 126. The van der Waals surface area contributed by atoms with E-state index in [1.165, 1.54) is 0 Å². The Balaban J connectivity index is 2.19. The summed E-state index contributed by atoms with van der Waals surface area (Å²) in [4.78, 5) is 0. The Hall–Kier alpha value is -0.250. The van der Waals surface area contributed by atoms with Gasteiger partial charge in [-0.15, -0.1) is 0 Å². The molecule has 1 N–H and O–H groups in total. The molecule has 0 aromatic carbocycles. The summed E-state index contributed by atoms with van der Waals surface area (Å²) in [6.07, 6.45) is -3.06. The van der Waals surface area contributed by atoms with Crippen molar-refractivity contribution in [1.82, 2.24) is 0 Å². The number of aliphatic hydroxyl groups excluding tert-OH is 1. The topological polar surface area (TPSA) is 20.2 Å². The van der Waals surface area contributed by atoms with E-state index in [0.717, 1.165) is 0 Å². The monoisotopic (exact) mass is 168 g/mol. The van der Waals surface area contributed by atoms with Gasteiger partial charge < -0.3 is 5.11 Å². The fourth-order valence-corrected chi connectivity index (χ4v) is 1.42. The fraction of sp³-hybridized carbons (Fsp3) is 1.00. The van der Waals surface area contributed by atoms with E-state index in [4.69, 9.17) is 5.11 Å². The van der Waals surface area contributed by atoms with Crippen LogP contribution < -0.4 is 0 Å². The number of hydrogen-bond acceptors (Lipinski definition) is 1. The fourth-order valence-electron chi connectivity index (χ4n) is 1.42. The summed E-state index contributed by atoms with van der Waals surface area (Å²) < 4.78 is 35.6. The molecule has 1 aliphatic carbocycles. The maximum Gasteiger partial charge on any atom is 0.391 e. The molecule has 0 radical (unpaired) electrons. The van der Waals surface area contributed by atoms with E-state index in [0.29, 0.717) is 6.42 Å². The summed E-state index contributed by atoms with van der Waals surface area (Å²) in [7, 11) is 0. The standard InChI is InChI=1S/C7H11F3O/c8-7(9,10)6-3-5(4-6)1-2-11/h5-6,11H,1-4H2. The molecule has 4 heteroatoms. The minimum atomic E-state index is -4.01. The molecule has 11 heavy (non-hydrogen) atoms. The molecule has 0 heterocycles. The molecule has 0 aliphatic heterocycles. The van der Waals surface area contributed by atoms with Gasteiger partial charge in [0.1, 0.15) is 0 Å². The average Bonchev–Trinajstić information content (AvgIpc) is 1.74. The number of rotatable bonds is 2. The molecule has 0 aromatic rings. The summed E-state index contributed by atoms with van der Waals surface area (Å²) in [6, 6.07) is 0. The van der Waals surface area contributed by atoms with Crippen molar-refractivity contribution in [2.45, 2.75) is 25.4 Å². The molecule has 1 nitrogen and oxygen atoms in total. The highest BCUT2D eigenvalue weighted by atomic mass is 19.4. The molecular weight excluding hydrogens is 157 g/mol. The first-order chi connectivity index (χ1) is 5.04. The van der Waals surface area contributed by atoms with Crippen LogP contribution in [0.3, 0.4) is 0 Å². The highest BCUT2D eigenvalue weighted by molar-refractivity contribution is 4.83. The lowest BCUT2D eigenvalue weighted by Crippen LogP contribution is -2.35. The predicted octanol–water partition coefficient (Wildman–Crippen LogP) is 1.96. The Labute approximate surface area is 63.2 Å². The molecule has 66 valence electrons. The van der Waals surface area contributed by atoms with E-state index in [1.54, 1.807) is 0 Å². The van der Waals surface area contributed by atoms with Crippen LogP contribution in [0.4, 0.5) is 13.2 Å². The lowest BCUT2D eigenvalue weighted by molar-refractivity contribution is -0.205. The van der Waals surface area contributed by atoms with Crippen molar-refractivity contribution in [3.05, 3.63) is 0 Å². The molecule has 1 fully saturated rings. The third-order valence-electron chi connectivity index (χ3n) is 2.24. The molecule has 0 atom stereocenters. The van der Waals surface area contributed by atoms with E-state index >= 15 is 0 Å². The maximum atomic E-state index is 11.9. The molecule has 0 amide bonds. The van der Waals surface area contributed by atoms with Gasteiger partial charge in [0, 0.05) is 6.61 Å². The van der Waals surface area contributed by atoms with Gasteiger partial charge in [0.25, 0.3) is 0 Å². The largest absolute Gasteiger partial charge is 0.396 e. The third-order valence-corrected chi connectivity index (χ3v) is 2.24. The van der Waals surface area contributed by atoms with Crippen molar-refractivity contribution in [3.8, 4) is 0 Å². The quantitative estimate of drug-likeness (QED) is 0.668. The van der Waals surface area contributed by atoms with Crippen LogP contribution in [0.1, 0.15) is 19.3 Å². The summed E-state index contributed by atoms with van der Waals surface area (Å²) in [5, 5.41) is 8.41. The second-order valence-electron chi connectivity index (χ2n) is 3.09. The molecule has 0 saturated heterocycles. The summed E-state index contributed by atoms with van der Waals surface area (Å²) in [5.41, 5.74) is 0. The minimum absolute atomic E-state index is 0.00917. The van der Waals surface area contributed by atoms with E-state index in [9.17, 15) is 13.2 Å². The first-order valence-corrected chi connectivity index (χ1v) is 3.71. The Kier molecular flexibility index (Phi) is 2.42. The molecule has 0 bridgehead atoms. The molecule has 1 saturated carbocycles. The van der Waals surface area contributed by atoms with Gasteiger partial charge in [0.05, 0.1) is 5.92 Å². The second-order valence-corrected chi connectivity index (χ2v) is 3.09. The van der Waals surface area contributed by atoms with Crippen LogP contribution >= 0.6 is 0 Å². The Morgan fingerprint density at radius 3 is 2.18 bits per heavy atom. The van der Waals surface area contributed by atoms with Crippen LogP contribution in [0.2, 0.25) is 0 Å². The van der Waals surface area contributed by atoms with Gasteiger partial charge >= 0.3 is 6.18 Å². The summed E-state index contributed by atoms with van der Waals surface area (Å²) in [6.45, 7) is 0.00917. The van der Waals surface area contributed by atoms with Crippen LogP contribution in [0.25, 0.3) is 0 Å². The van der Waals surface area contributed by atoms with Crippen LogP contribution in [-0.2, 0) is 0 Å². The van der Waals surface area contributed by atoms with Crippen molar-refractivity contribution >= 4 is 0 Å². The molecule has 0 aromatic heterocycles. The highest BCUT2D eigenvalue weighted by Crippen LogP contribution is 2.45. The van der Waals surface area contributed by atoms with Gasteiger partial charge in [-0.1, -0.05) is 0 Å². The van der Waals surface area contributed by atoms with E-state index < -0.39 is 12.1 Å². The van der Waals surface area contributed by atoms with Crippen molar-refractivity contribution in [2.24, 2.45) is 11.8 Å². The molecule has 1 aliphatic rings.